The van der Waals surface area contributed by atoms with Crippen LogP contribution in [0.25, 0.3) is 0 Å². The lowest BCUT2D eigenvalue weighted by Gasteiger charge is -2.38. The number of aromatic nitrogens is 2. The number of methoxy groups -OCH3 is 1. The number of Topliss-reactive ketones (excluding diaryl/α,β-unsaturated/α-hetero) is 1. The van der Waals surface area contributed by atoms with E-state index >= 15 is 0 Å². The van der Waals surface area contributed by atoms with E-state index in [-0.39, 0.29) is 11.7 Å². The second-order valence-electron chi connectivity index (χ2n) is 6.09. The van der Waals surface area contributed by atoms with Crippen molar-refractivity contribution < 1.29 is 9.53 Å². The molecular weight excluding hydrogens is 252 g/mol. The first-order valence-electron chi connectivity index (χ1n) is 7.68. The molecule has 1 aromatic heterocycles. The van der Waals surface area contributed by atoms with Crippen molar-refractivity contribution in [1.82, 2.24) is 9.97 Å². The Morgan fingerprint density at radius 3 is 2.65 bits per heavy atom. The van der Waals surface area contributed by atoms with Crippen LogP contribution in [-0.4, -0.2) is 22.9 Å². The lowest BCUT2D eigenvalue weighted by molar-refractivity contribution is 0.0754. The minimum absolute atomic E-state index is 0.111. The standard InChI is InChI=1S/C16H22N2O2/c1-20-16-14(17-8-9-18-16)15(19)13-7-6-11-4-2-3-5-12(11)10-13/h8-9,11-13H,2-7,10H2,1H3. The Bertz CT molecular complexity index is 489. The number of ether oxygens (including phenoxy) is 1. The summed E-state index contributed by atoms with van der Waals surface area (Å²) in [7, 11) is 1.54. The van der Waals surface area contributed by atoms with E-state index in [0.29, 0.717) is 11.6 Å². The molecule has 0 spiro atoms. The van der Waals surface area contributed by atoms with Crippen LogP contribution in [0.2, 0.25) is 0 Å². The predicted octanol–water partition coefficient (Wildman–Crippen LogP) is 3.27. The van der Waals surface area contributed by atoms with E-state index in [2.05, 4.69) is 9.97 Å². The normalized spacial score (nSPS) is 29.6. The van der Waals surface area contributed by atoms with Gasteiger partial charge in [-0.15, -0.1) is 0 Å². The van der Waals surface area contributed by atoms with Crippen molar-refractivity contribution in [2.45, 2.75) is 44.9 Å². The van der Waals surface area contributed by atoms with Crippen LogP contribution in [0.1, 0.15) is 55.4 Å². The molecule has 2 aliphatic carbocycles. The first kappa shape index (κ1) is 13.5. The molecule has 0 radical (unpaired) electrons. The first-order valence-corrected chi connectivity index (χ1v) is 7.68. The van der Waals surface area contributed by atoms with Gasteiger partial charge in [-0.1, -0.05) is 25.7 Å². The van der Waals surface area contributed by atoms with Gasteiger partial charge in [0.2, 0.25) is 5.88 Å². The quantitative estimate of drug-likeness (QED) is 0.794. The maximum Gasteiger partial charge on any atom is 0.243 e. The van der Waals surface area contributed by atoms with E-state index in [9.17, 15) is 4.79 Å². The third-order valence-corrected chi connectivity index (χ3v) is 5.00. The van der Waals surface area contributed by atoms with Crippen molar-refractivity contribution >= 4 is 5.78 Å². The molecule has 1 heterocycles. The minimum atomic E-state index is 0.111. The predicted molar refractivity (Wildman–Crippen MR) is 75.7 cm³/mol. The summed E-state index contributed by atoms with van der Waals surface area (Å²) in [6, 6.07) is 0. The van der Waals surface area contributed by atoms with Crippen LogP contribution < -0.4 is 4.74 Å². The van der Waals surface area contributed by atoms with Crippen molar-refractivity contribution in [3.63, 3.8) is 0 Å². The molecule has 0 bridgehead atoms. The molecule has 20 heavy (non-hydrogen) atoms. The average Bonchev–Trinajstić information content (AvgIpc) is 2.53. The van der Waals surface area contributed by atoms with Gasteiger partial charge in [0.25, 0.3) is 0 Å². The zero-order valence-electron chi connectivity index (χ0n) is 12.0. The maximum absolute atomic E-state index is 12.7. The van der Waals surface area contributed by atoms with E-state index in [1.165, 1.54) is 32.1 Å². The molecular formula is C16H22N2O2. The second kappa shape index (κ2) is 5.90. The van der Waals surface area contributed by atoms with Crippen LogP contribution in [0.3, 0.4) is 0 Å². The average molecular weight is 274 g/mol. The van der Waals surface area contributed by atoms with Crippen molar-refractivity contribution in [2.75, 3.05) is 7.11 Å². The Kier molecular flexibility index (Phi) is 3.99. The third kappa shape index (κ3) is 2.56. The van der Waals surface area contributed by atoms with Crippen molar-refractivity contribution in [1.29, 1.82) is 0 Å². The molecule has 0 aliphatic heterocycles. The summed E-state index contributed by atoms with van der Waals surface area (Å²) < 4.78 is 5.17. The highest BCUT2D eigenvalue weighted by Crippen LogP contribution is 2.43. The van der Waals surface area contributed by atoms with E-state index in [4.69, 9.17) is 4.74 Å². The summed E-state index contributed by atoms with van der Waals surface area (Å²) in [5, 5.41) is 0. The molecule has 0 amide bonds. The highest BCUT2D eigenvalue weighted by molar-refractivity contribution is 5.98. The molecule has 4 nitrogen and oxygen atoms in total. The molecule has 3 rings (SSSR count). The van der Waals surface area contributed by atoms with Crippen LogP contribution in [-0.2, 0) is 0 Å². The largest absolute Gasteiger partial charge is 0.479 e. The fourth-order valence-electron chi connectivity index (χ4n) is 3.95. The molecule has 3 atom stereocenters. The summed E-state index contributed by atoms with van der Waals surface area (Å²) in [4.78, 5) is 21.0. The van der Waals surface area contributed by atoms with Gasteiger partial charge < -0.3 is 4.74 Å². The molecule has 0 aromatic carbocycles. The molecule has 2 saturated carbocycles. The number of hydrogen-bond donors (Lipinski definition) is 0. The zero-order valence-corrected chi connectivity index (χ0v) is 12.0. The van der Waals surface area contributed by atoms with Gasteiger partial charge in [-0.05, 0) is 31.1 Å². The van der Waals surface area contributed by atoms with Gasteiger partial charge >= 0.3 is 0 Å². The van der Waals surface area contributed by atoms with Crippen LogP contribution in [0.5, 0.6) is 5.88 Å². The molecule has 1 aromatic rings. The number of hydrogen-bond acceptors (Lipinski definition) is 4. The summed E-state index contributed by atoms with van der Waals surface area (Å²) in [6.45, 7) is 0. The number of carbonyl (C=O) groups excluding carboxylic acids is 1. The smallest absolute Gasteiger partial charge is 0.243 e. The Balaban J connectivity index is 1.74. The summed E-state index contributed by atoms with van der Waals surface area (Å²) in [5.74, 6) is 2.20. The first-order chi connectivity index (χ1) is 9.79. The Morgan fingerprint density at radius 2 is 1.85 bits per heavy atom. The van der Waals surface area contributed by atoms with E-state index < -0.39 is 0 Å². The van der Waals surface area contributed by atoms with Crippen LogP contribution in [0, 0.1) is 17.8 Å². The number of fused-ring (bicyclic) bond motifs is 1. The van der Waals surface area contributed by atoms with Gasteiger partial charge in [-0.3, -0.25) is 4.79 Å². The summed E-state index contributed by atoms with van der Waals surface area (Å²) in [6.07, 6.45) is 11.7. The monoisotopic (exact) mass is 274 g/mol. The van der Waals surface area contributed by atoms with Crippen LogP contribution >= 0.6 is 0 Å². The van der Waals surface area contributed by atoms with Gasteiger partial charge in [0.15, 0.2) is 11.5 Å². The van der Waals surface area contributed by atoms with Gasteiger partial charge in [0.05, 0.1) is 7.11 Å². The lowest BCUT2D eigenvalue weighted by Crippen LogP contribution is -2.31. The number of carbonyl (C=O) groups is 1. The highest BCUT2D eigenvalue weighted by atomic mass is 16.5. The van der Waals surface area contributed by atoms with Gasteiger partial charge in [0.1, 0.15) is 0 Å². The fraction of sp³-hybridized carbons (Fsp3) is 0.688. The molecule has 3 unspecified atom stereocenters. The highest BCUT2D eigenvalue weighted by Gasteiger charge is 2.36. The van der Waals surface area contributed by atoms with E-state index in [1.54, 1.807) is 19.5 Å². The fourth-order valence-corrected chi connectivity index (χ4v) is 3.95. The number of nitrogens with zero attached hydrogens (tertiary/aromatic N) is 2. The minimum Gasteiger partial charge on any atom is -0.479 e. The SMILES string of the molecule is COc1nccnc1C(=O)C1CCC2CCCCC2C1. The topological polar surface area (TPSA) is 52.1 Å². The zero-order chi connectivity index (χ0) is 13.9. The number of rotatable bonds is 3. The van der Waals surface area contributed by atoms with Crippen LogP contribution in [0.15, 0.2) is 12.4 Å². The molecule has 0 N–H and O–H groups in total. The summed E-state index contributed by atoms with van der Waals surface area (Å²) >= 11 is 0. The Morgan fingerprint density at radius 1 is 1.10 bits per heavy atom. The van der Waals surface area contributed by atoms with Crippen LogP contribution in [0.4, 0.5) is 0 Å². The van der Waals surface area contributed by atoms with Gasteiger partial charge in [0, 0.05) is 18.3 Å². The van der Waals surface area contributed by atoms with E-state index in [0.717, 1.165) is 24.7 Å². The molecule has 0 saturated heterocycles. The van der Waals surface area contributed by atoms with Crippen molar-refractivity contribution in [3.05, 3.63) is 18.1 Å². The third-order valence-electron chi connectivity index (χ3n) is 5.00. The maximum atomic E-state index is 12.7. The Labute approximate surface area is 120 Å². The van der Waals surface area contributed by atoms with Crippen molar-refractivity contribution in [3.8, 4) is 5.88 Å². The molecule has 2 aliphatic rings. The summed E-state index contributed by atoms with van der Waals surface area (Å²) in [5.41, 5.74) is 0.411. The molecule has 4 heteroatoms. The number of ketones is 1. The molecule has 108 valence electrons. The van der Waals surface area contributed by atoms with Gasteiger partial charge in [-0.25, -0.2) is 9.97 Å². The second-order valence-corrected chi connectivity index (χ2v) is 6.09. The molecule has 2 fully saturated rings. The van der Waals surface area contributed by atoms with E-state index in [1.807, 2.05) is 0 Å². The lowest BCUT2D eigenvalue weighted by atomic mass is 9.66. The Hall–Kier alpha value is -1.45. The van der Waals surface area contributed by atoms with Crippen molar-refractivity contribution in [2.24, 2.45) is 17.8 Å². The van der Waals surface area contributed by atoms with Gasteiger partial charge in [-0.2, -0.15) is 0 Å².